The molecule has 0 aliphatic rings. The van der Waals surface area contributed by atoms with Gasteiger partial charge in [-0.3, -0.25) is 9.59 Å². The second-order valence-electron chi connectivity index (χ2n) is 6.32. The van der Waals surface area contributed by atoms with Gasteiger partial charge >= 0.3 is 0 Å². The van der Waals surface area contributed by atoms with Crippen molar-refractivity contribution in [2.24, 2.45) is 5.41 Å². The minimum atomic E-state index is -0.530. The van der Waals surface area contributed by atoms with E-state index < -0.39 is 5.41 Å². The van der Waals surface area contributed by atoms with Crippen molar-refractivity contribution in [1.29, 1.82) is 0 Å². The molecule has 0 spiro atoms. The Morgan fingerprint density at radius 3 is 2.52 bits per heavy atom. The molecule has 0 aliphatic carbocycles. The number of carbonyl (C=O) groups excluding carboxylic acids is 2. The van der Waals surface area contributed by atoms with Gasteiger partial charge in [-0.15, -0.1) is 11.3 Å². The molecule has 0 bridgehead atoms. The van der Waals surface area contributed by atoms with Crippen LogP contribution in [0.3, 0.4) is 0 Å². The van der Waals surface area contributed by atoms with Crippen LogP contribution in [0.2, 0.25) is 0 Å². The van der Waals surface area contributed by atoms with Gasteiger partial charge < -0.3 is 10.6 Å². The lowest BCUT2D eigenvalue weighted by Gasteiger charge is -2.19. The monoisotopic (exact) mass is 331 g/mol. The van der Waals surface area contributed by atoms with Gasteiger partial charge in [-0.25, -0.2) is 4.98 Å². The van der Waals surface area contributed by atoms with Gasteiger partial charge in [0.25, 0.3) is 5.91 Å². The summed E-state index contributed by atoms with van der Waals surface area (Å²) >= 11 is 1.49. The molecular weight excluding hydrogens is 310 g/mol. The standard InChI is InChI=1S/C17H21N3O2S/c1-11(15-18-9-10-23-15)19-14(21)12-7-5-6-8-13(12)20-16(22)17(2,3)4/h5-11H,1-4H3,(H,19,21)(H,20,22)/t11-/m1/s1. The Kier molecular flexibility index (Phi) is 5.15. The highest BCUT2D eigenvalue weighted by atomic mass is 32.1. The van der Waals surface area contributed by atoms with E-state index in [1.807, 2.05) is 33.1 Å². The Bertz CT molecular complexity index is 690. The number of hydrogen-bond donors (Lipinski definition) is 2. The van der Waals surface area contributed by atoms with E-state index in [0.717, 1.165) is 5.01 Å². The Balaban J connectivity index is 2.16. The summed E-state index contributed by atoms with van der Waals surface area (Å²) in [5.41, 5.74) is 0.419. The van der Waals surface area contributed by atoms with Crippen molar-refractivity contribution in [3.05, 3.63) is 46.4 Å². The molecule has 1 aromatic heterocycles. The van der Waals surface area contributed by atoms with Crippen molar-refractivity contribution < 1.29 is 9.59 Å². The number of rotatable bonds is 4. The van der Waals surface area contributed by atoms with Crippen LogP contribution in [0.5, 0.6) is 0 Å². The molecule has 122 valence electrons. The summed E-state index contributed by atoms with van der Waals surface area (Å²) in [5.74, 6) is -0.372. The summed E-state index contributed by atoms with van der Waals surface area (Å²) in [6.45, 7) is 7.37. The van der Waals surface area contributed by atoms with Gasteiger partial charge in [0.15, 0.2) is 0 Å². The Morgan fingerprint density at radius 2 is 1.91 bits per heavy atom. The van der Waals surface area contributed by atoms with Crippen molar-refractivity contribution in [3.8, 4) is 0 Å². The largest absolute Gasteiger partial charge is 0.343 e. The topological polar surface area (TPSA) is 71.1 Å². The van der Waals surface area contributed by atoms with Gasteiger partial charge in [-0.05, 0) is 19.1 Å². The third kappa shape index (κ3) is 4.39. The zero-order valence-electron chi connectivity index (χ0n) is 13.7. The third-order valence-corrected chi connectivity index (χ3v) is 4.23. The van der Waals surface area contributed by atoms with Crippen LogP contribution in [-0.2, 0) is 4.79 Å². The van der Waals surface area contributed by atoms with Crippen molar-refractivity contribution in [3.63, 3.8) is 0 Å². The van der Waals surface area contributed by atoms with Crippen LogP contribution in [0, 0.1) is 5.41 Å². The minimum absolute atomic E-state index is 0.134. The number of hydrogen-bond acceptors (Lipinski definition) is 4. The van der Waals surface area contributed by atoms with E-state index in [-0.39, 0.29) is 17.9 Å². The summed E-state index contributed by atoms with van der Waals surface area (Å²) in [5, 5.41) is 8.45. The van der Waals surface area contributed by atoms with Gasteiger partial charge in [0.05, 0.1) is 17.3 Å². The van der Waals surface area contributed by atoms with Gasteiger partial charge in [-0.1, -0.05) is 32.9 Å². The van der Waals surface area contributed by atoms with Crippen molar-refractivity contribution in [1.82, 2.24) is 10.3 Å². The molecule has 0 radical (unpaired) electrons. The molecular formula is C17H21N3O2S. The molecule has 1 atom stereocenters. The molecule has 0 fully saturated rings. The van der Waals surface area contributed by atoms with E-state index in [9.17, 15) is 9.59 Å². The van der Waals surface area contributed by atoms with E-state index >= 15 is 0 Å². The molecule has 0 aliphatic heterocycles. The van der Waals surface area contributed by atoms with Crippen molar-refractivity contribution in [2.45, 2.75) is 33.7 Å². The maximum absolute atomic E-state index is 12.5. The fraction of sp³-hybridized carbons (Fsp3) is 0.353. The van der Waals surface area contributed by atoms with Crippen LogP contribution in [0.1, 0.15) is 49.1 Å². The van der Waals surface area contributed by atoms with Crippen LogP contribution < -0.4 is 10.6 Å². The molecule has 0 saturated heterocycles. The highest BCUT2D eigenvalue weighted by Crippen LogP contribution is 2.22. The predicted octanol–water partition coefficient (Wildman–Crippen LogP) is 3.62. The number of amides is 2. The lowest BCUT2D eigenvalue weighted by molar-refractivity contribution is -0.123. The van der Waals surface area contributed by atoms with E-state index in [0.29, 0.717) is 11.3 Å². The van der Waals surface area contributed by atoms with Gasteiger partial charge in [0.1, 0.15) is 5.01 Å². The summed E-state index contributed by atoms with van der Waals surface area (Å²) in [6.07, 6.45) is 1.71. The van der Waals surface area contributed by atoms with Crippen LogP contribution in [0.15, 0.2) is 35.8 Å². The van der Waals surface area contributed by atoms with Crippen LogP contribution in [-0.4, -0.2) is 16.8 Å². The molecule has 2 rings (SSSR count). The van der Waals surface area contributed by atoms with E-state index in [4.69, 9.17) is 0 Å². The smallest absolute Gasteiger partial charge is 0.253 e. The molecule has 2 amide bonds. The summed E-state index contributed by atoms with van der Waals surface area (Å²) in [6, 6.07) is 6.80. The number of benzene rings is 1. The third-order valence-electron chi connectivity index (χ3n) is 3.27. The summed E-state index contributed by atoms with van der Waals surface area (Å²) in [7, 11) is 0. The fourth-order valence-corrected chi connectivity index (χ4v) is 2.53. The van der Waals surface area contributed by atoms with Crippen molar-refractivity contribution >= 4 is 28.8 Å². The first-order chi connectivity index (χ1) is 10.8. The van der Waals surface area contributed by atoms with Gasteiger partial charge in [0.2, 0.25) is 5.91 Å². The van der Waals surface area contributed by atoms with Gasteiger partial charge in [0, 0.05) is 17.0 Å². The zero-order chi connectivity index (χ0) is 17.0. The number of para-hydroxylation sites is 1. The van der Waals surface area contributed by atoms with E-state index in [2.05, 4.69) is 15.6 Å². The van der Waals surface area contributed by atoms with E-state index in [1.165, 1.54) is 11.3 Å². The summed E-state index contributed by atoms with van der Waals surface area (Å²) in [4.78, 5) is 28.9. The fourth-order valence-electron chi connectivity index (χ4n) is 1.88. The number of aromatic nitrogens is 1. The average Bonchev–Trinajstić information content (AvgIpc) is 3.01. The Morgan fingerprint density at radius 1 is 1.22 bits per heavy atom. The molecule has 6 heteroatoms. The quantitative estimate of drug-likeness (QED) is 0.899. The Labute approximate surface area is 140 Å². The molecule has 0 saturated carbocycles. The SMILES string of the molecule is C[C@@H](NC(=O)c1ccccc1NC(=O)C(C)(C)C)c1nccs1. The maximum atomic E-state index is 12.5. The van der Waals surface area contributed by atoms with E-state index in [1.54, 1.807) is 30.5 Å². The minimum Gasteiger partial charge on any atom is -0.343 e. The van der Waals surface area contributed by atoms with Crippen LogP contribution in [0.4, 0.5) is 5.69 Å². The molecule has 2 N–H and O–H groups in total. The van der Waals surface area contributed by atoms with Crippen LogP contribution >= 0.6 is 11.3 Å². The van der Waals surface area contributed by atoms with Crippen molar-refractivity contribution in [2.75, 3.05) is 5.32 Å². The number of nitrogens with one attached hydrogen (secondary N) is 2. The molecule has 1 heterocycles. The molecule has 0 unspecified atom stereocenters. The second-order valence-corrected chi connectivity index (χ2v) is 7.24. The first kappa shape index (κ1) is 17.1. The second kappa shape index (κ2) is 6.91. The van der Waals surface area contributed by atoms with Gasteiger partial charge in [-0.2, -0.15) is 0 Å². The highest BCUT2D eigenvalue weighted by Gasteiger charge is 2.23. The lowest BCUT2D eigenvalue weighted by atomic mass is 9.95. The maximum Gasteiger partial charge on any atom is 0.253 e. The predicted molar refractivity (Wildman–Crippen MR) is 92.5 cm³/mol. The normalized spacial score (nSPS) is 12.5. The molecule has 1 aromatic carbocycles. The number of carbonyl (C=O) groups is 2. The van der Waals surface area contributed by atoms with Crippen LogP contribution in [0.25, 0.3) is 0 Å². The first-order valence-electron chi connectivity index (χ1n) is 7.40. The number of nitrogens with zero attached hydrogens (tertiary/aromatic N) is 1. The lowest BCUT2D eigenvalue weighted by Crippen LogP contribution is -2.31. The number of thiazole rings is 1. The molecule has 5 nitrogen and oxygen atoms in total. The Hall–Kier alpha value is -2.21. The number of anilines is 1. The average molecular weight is 331 g/mol. The molecule has 2 aromatic rings. The summed E-state index contributed by atoms with van der Waals surface area (Å²) < 4.78 is 0. The molecule has 23 heavy (non-hydrogen) atoms. The highest BCUT2D eigenvalue weighted by molar-refractivity contribution is 7.09. The zero-order valence-corrected chi connectivity index (χ0v) is 14.5. The first-order valence-corrected chi connectivity index (χ1v) is 8.27.